The van der Waals surface area contributed by atoms with Crippen molar-refractivity contribution in [2.24, 2.45) is 0 Å². The first-order valence-electron chi connectivity index (χ1n) is 7.96. The molecular formula is C18H18FNO3S. The van der Waals surface area contributed by atoms with Crippen LogP contribution < -0.4 is 5.32 Å². The van der Waals surface area contributed by atoms with E-state index in [9.17, 15) is 14.0 Å². The normalized spacial score (nSPS) is 13.7. The zero-order valence-electron chi connectivity index (χ0n) is 13.1. The number of aryl methyl sites for hydroxylation is 2. The number of hydrogen-bond donors (Lipinski definition) is 1. The number of halogens is 1. The number of carbonyl (C=O) groups is 2. The van der Waals surface area contributed by atoms with Crippen LogP contribution in [0.5, 0.6) is 0 Å². The first kappa shape index (κ1) is 16.6. The van der Waals surface area contributed by atoms with Crippen LogP contribution in [0.1, 0.15) is 39.4 Å². The molecule has 1 aromatic heterocycles. The van der Waals surface area contributed by atoms with E-state index in [1.165, 1.54) is 52.5 Å². The Morgan fingerprint density at radius 2 is 1.88 bits per heavy atom. The predicted molar refractivity (Wildman–Crippen MR) is 90.9 cm³/mol. The number of amides is 1. The van der Waals surface area contributed by atoms with E-state index in [1.807, 2.05) is 6.07 Å². The maximum Gasteiger partial charge on any atom is 0.348 e. The summed E-state index contributed by atoms with van der Waals surface area (Å²) in [7, 11) is 0. The fourth-order valence-corrected chi connectivity index (χ4v) is 3.85. The lowest BCUT2D eigenvalue weighted by atomic mass is 10.1. The van der Waals surface area contributed by atoms with Gasteiger partial charge in [-0.05, 0) is 61.6 Å². The van der Waals surface area contributed by atoms with Gasteiger partial charge in [0.05, 0.1) is 0 Å². The van der Waals surface area contributed by atoms with Crippen LogP contribution in [0.4, 0.5) is 10.1 Å². The van der Waals surface area contributed by atoms with Crippen molar-refractivity contribution in [2.75, 3.05) is 11.9 Å². The van der Waals surface area contributed by atoms with Gasteiger partial charge in [0.15, 0.2) is 6.61 Å². The fraction of sp³-hybridized carbons (Fsp3) is 0.333. The summed E-state index contributed by atoms with van der Waals surface area (Å²) in [6.45, 7) is -0.362. The summed E-state index contributed by atoms with van der Waals surface area (Å²) in [4.78, 5) is 25.7. The first-order chi connectivity index (χ1) is 11.6. The van der Waals surface area contributed by atoms with E-state index in [1.54, 1.807) is 0 Å². The summed E-state index contributed by atoms with van der Waals surface area (Å²) < 4.78 is 17.9. The Kier molecular flexibility index (Phi) is 5.25. The third-order valence-electron chi connectivity index (χ3n) is 3.91. The number of rotatable bonds is 4. The quantitative estimate of drug-likeness (QED) is 0.673. The maximum atomic E-state index is 12.8. The SMILES string of the molecule is O=C(COC(=O)c1cc2c(s1)CCCCC2)Nc1ccc(F)cc1. The largest absolute Gasteiger partial charge is 0.451 e. The lowest BCUT2D eigenvalue weighted by molar-refractivity contribution is -0.119. The third-order valence-corrected chi connectivity index (χ3v) is 5.13. The fourth-order valence-electron chi connectivity index (χ4n) is 2.70. The number of benzene rings is 1. The lowest BCUT2D eigenvalue weighted by Gasteiger charge is -2.05. The zero-order chi connectivity index (χ0) is 16.9. The zero-order valence-corrected chi connectivity index (χ0v) is 14.0. The molecule has 1 aliphatic carbocycles. The molecular weight excluding hydrogens is 329 g/mol. The van der Waals surface area contributed by atoms with Crippen molar-refractivity contribution >= 4 is 28.9 Å². The Morgan fingerprint density at radius 1 is 1.12 bits per heavy atom. The van der Waals surface area contributed by atoms with E-state index in [0.29, 0.717) is 10.6 Å². The van der Waals surface area contributed by atoms with Gasteiger partial charge in [-0.15, -0.1) is 11.3 Å². The monoisotopic (exact) mass is 347 g/mol. The molecule has 3 rings (SSSR count). The number of anilines is 1. The number of fused-ring (bicyclic) bond motifs is 1. The topological polar surface area (TPSA) is 55.4 Å². The number of hydrogen-bond acceptors (Lipinski definition) is 4. The van der Waals surface area contributed by atoms with Gasteiger partial charge in [0.1, 0.15) is 10.7 Å². The van der Waals surface area contributed by atoms with Crippen LogP contribution in [0, 0.1) is 5.82 Å². The van der Waals surface area contributed by atoms with Gasteiger partial charge in [0.25, 0.3) is 5.91 Å². The van der Waals surface area contributed by atoms with E-state index in [0.717, 1.165) is 25.7 Å². The van der Waals surface area contributed by atoms with Crippen LogP contribution in [0.25, 0.3) is 0 Å². The van der Waals surface area contributed by atoms with E-state index < -0.39 is 11.9 Å². The van der Waals surface area contributed by atoms with E-state index in [-0.39, 0.29) is 12.4 Å². The average molecular weight is 347 g/mol. The summed E-state index contributed by atoms with van der Waals surface area (Å²) in [6.07, 6.45) is 5.55. The molecule has 1 N–H and O–H groups in total. The second-order valence-corrected chi connectivity index (χ2v) is 6.89. The van der Waals surface area contributed by atoms with Crippen LogP contribution in [-0.4, -0.2) is 18.5 Å². The third kappa shape index (κ3) is 4.20. The average Bonchev–Trinajstić information content (AvgIpc) is 2.86. The van der Waals surface area contributed by atoms with Crippen LogP contribution >= 0.6 is 11.3 Å². The van der Waals surface area contributed by atoms with Crippen LogP contribution in [0.15, 0.2) is 30.3 Å². The molecule has 2 aromatic rings. The minimum atomic E-state index is -0.470. The van der Waals surface area contributed by atoms with Gasteiger partial charge in [-0.1, -0.05) is 6.42 Å². The molecule has 0 fully saturated rings. The molecule has 1 heterocycles. The predicted octanol–water partition coefficient (Wildman–Crippen LogP) is 3.95. The molecule has 1 amide bonds. The van der Waals surface area contributed by atoms with Crippen molar-refractivity contribution < 1.29 is 18.7 Å². The summed E-state index contributed by atoms with van der Waals surface area (Å²) >= 11 is 1.47. The van der Waals surface area contributed by atoms with Crippen molar-refractivity contribution in [3.05, 3.63) is 51.5 Å². The molecule has 0 radical (unpaired) electrons. The molecule has 0 saturated heterocycles. The number of thiophene rings is 1. The Labute approximate surface area is 143 Å². The van der Waals surface area contributed by atoms with Crippen LogP contribution in [0.2, 0.25) is 0 Å². The van der Waals surface area contributed by atoms with Crippen LogP contribution in [-0.2, 0) is 22.4 Å². The van der Waals surface area contributed by atoms with Crippen molar-refractivity contribution in [2.45, 2.75) is 32.1 Å². The molecule has 6 heteroatoms. The highest BCUT2D eigenvalue weighted by Crippen LogP contribution is 2.29. The summed E-state index contributed by atoms with van der Waals surface area (Å²) in [5.41, 5.74) is 1.69. The summed E-state index contributed by atoms with van der Waals surface area (Å²) in [5.74, 6) is -1.30. The molecule has 0 bridgehead atoms. The second-order valence-electron chi connectivity index (χ2n) is 5.75. The molecule has 4 nitrogen and oxygen atoms in total. The van der Waals surface area contributed by atoms with Crippen LogP contribution in [0.3, 0.4) is 0 Å². The lowest BCUT2D eigenvalue weighted by Crippen LogP contribution is -2.20. The van der Waals surface area contributed by atoms with Crippen molar-refractivity contribution in [1.82, 2.24) is 0 Å². The molecule has 0 unspecified atom stereocenters. The van der Waals surface area contributed by atoms with Gasteiger partial charge >= 0.3 is 5.97 Å². The van der Waals surface area contributed by atoms with Gasteiger partial charge < -0.3 is 10.1 Å². The van der Waals surface area contributed by atoms with Crippen molar-refractivity contribution in [3.8, 4) is 0 Å². The first-order valence-corrected chi connectivity index (χ1v) is 8.77. The standard InChI is InChI=1S/C18H18FNO3S/c19-13-6-8-14(9-7-13)20-17(21)11-23-18(22)16-10-12-4-2-1-3-5-15(12)24-16/h6-10H,1-5,11H2,(H,20,21). The number of nitrogens with one attached hydrogen (secondary N) is 1. The molecule has 0 aliphatic heterocycles. The van der Waals surface area contributed by atoms with Gasteiger partial charge in [0.2, 0.25) is 0 Å². The Bertz CT molecular complexity index is 716. The molecule has 0 saturated carbocycles. The van der Waals surface area contributed by atoms with E-state index in [4.69, 9.17) is 4.74 Å². The number of ether oxygens (including phenoxy) is 1. The van der Waals surface area contributed by atoms with E-state index in [2.05, 4.69) is 5.32 Å². The van der Waals surface area contributed by atoms with Gasteiger partial charge in [0, 0.05) is 10.6 Å². The maximum absolute atomic E-state index is 12.8. The smallest absolute Gasteiger partial charge is 0.348 e. The number of carbonyl (C=O) groups excluding carboxylic acids is 2. The summed E-state index contributed by atoms with van der Waals surface area (Å²) in [6, 6.07) is 7.29. The number of esters is 1. The minimum absolute atomic E-state index is 0.362. The molecule has 1 aromatic carbocycles. The van der Waals surface area contributed by atoms with Crippen molar-refractivity contribution in [3.63, 3.8) is 0 Å². The Balaban J connectivity index is 1.53. The summed E-state index contributed by atoms with van der Waals surface area (Å²) in [5, 5.41) is 2.55. The highest BCUT2D eigenvalue weighted by Gasteiger charge is 2.18. The highest BCUT2D eigenvalue weighted by molar-refractivity contribution is 7.14. The van der Waals surface area contributed by atoms with Gasteiger partial charge in [-0.25, -0.2) is 9.18 Å². The molecule has 0 spiro atoms. The Morgan fingerprint density at radius 3 is 2.67 bits per heavy atom. The molecule has 24 heavy (non-hydrogen) atoms. The highest BCUT2D eigenvalue weighted by atomic mass is 32.1. The molecule has 1 aliphatic rings. The molecule has 126 valence electrons. The van der Waals surface area contributed by atoms with E-state index >= 15 is 0 Å². The Hall–Kier alpha value is -2.21. The van der Waals surface area contributed by atoms with Gasteiger partial charge in [-0.3, -0.25) is 4.79 Å². The molecule has 0 atom stereocenters. The second kappa shape index (κ2) is 7.57. The minimum Gasteiger partial charge on any atom is -0.451 e. The van der Waals surface area contributed by atoms with Gasteiger partial charge in [-0.2, -0.15) is 0 Å². The van der Waals surface area contributed by atoms with Crippen molar-refractivity contribution in [1.29, 1.82) is 0 Å².